The van der Waals surface area contributed by atoms with Crippen LogP contribution in [-0.2, 0) is 0 Å². The van der Waals surface area contributed by atoms with Crippen LogP contribution in [0.25, 0.3) is 27.9 Å². The summed E-state index contributed by atoms with van der Waals surface area (Å²) in [6, 6.07) is 22.3. The fraction of sp³-hybridized carbons (Fsp3) is 0.0385. The SMILES string of the molecule is Cc1cccc(Oc2ccc(-c3c(C(N)=O)c4cccnn4c3-c3ccc([N+](=O)[O-])cc3)cc2)n1. The zero-order valence-corrected chi connectivity index (χ0v) is 18.6. The fourth-order valence-corrected chi connectivity index (χ4v) is 4.02. The molecule has 5 aromatic rings. The molecule has 9 nitrogen and oxygen atoms in total. The lowest BCUT2D eigenvalue weighted by atomic mass is 9.96. The van der Waals surface area contributed by atoms with Crippen molar-refractivity contribution in [2.24, 2.45) is 5.73 Å². The number of nitro benzene ring substituents is 1. The number of pyridine rings is 1. The van der Waals surface area contributed by atoms with E-state index in [9.17, 15) is 14.9 Å². The van der Waals surface area contributed by atoms with Gasteiger partial charge in [0.05, 0.1) is 21.7 Å². The minimum atomic E-state index is -0.608. The van der Waals surface area contributed by atoms with Crippen LogP contribution in [-0.4, -0.2) is 25.4 Å². The van der Waals surface area contributed by atoms with Crippen molar-refractivity contribution < 1.29 is 14.5 Å². The van der Waals surface area contributed by atoms with Crippen molar-refractivity contribution in [2.75, 3.05) is 0 Å². The molecule has 0 aliphatic rings. The fourth-order valence-electron chi connectivity index (χ4n) is 4.02. The van der Waals surface area contributed by atoms with Crippen molar-refractivity contribution in [1.82, 2.24) is 14.6 Å². The summed E-state index contributed by atoms with van der Waals surface area (Å²) in [6.07, 6.45) is 1.60. The van der Waals surface area contributed by atoms with E-state index in [0.717, 1.165) is 5.69 Å². The number of carbonyl (C=O) groups is 1. The average molecular weight is 465 g/mol. The van der Waals surface area contributed by atoms with Crippen molar-refractivity contribution in [1.29, 1.82) is 0 Å². The number of ether oxygens (including phenoxy) is 1. The quantitative estimate of drug-likeness (QED) is 0.272. The first-order valence-corrected chi connectivity index (χ1v) is 10.7. The number of rotatable bonds is 6. The van der Waals surface area contributed by atoms with Gasteiger partial charge in [0.25, 0.3) is 11.6 Å². The molecule has 0 saturated carbocycles. The Morgan fingerprint density at radius 3 is 2.34 bits per heavy atom. The van der Waals surface area contributed by atoms with Gasteiger partial charge in [0, 0.05) is 41.2 Å². The summed E-state index contributed by atoms with van der Waals surface area (Å²) in [4.78, 5) is 27.6. The monoisotopic (exact) mass is 465 g/mol. The Labute approximate surface area is 199 Å². The van der Waals surface area contributed by atoms with Crippen molar-refractivity contribution in [3.63, 3.8) is 0 Å². The Balaban J connectivity index is 1.66. The number of hydrogen-bond acceptors (Lipinski definition) is 6. The van der Waals surface area contributed by atoms with E-state index >= 15 is 0 Å². The molecule has 9 heteroatoms. The van der Waals surface area contributed by atoms with E-state index in [1.807, 2.05) is 31.2 Å². The second kappa shape index (κ2) is 8.71. The lowest BCUT2D eigenvalue weighted by Crippen LogP contribution is -2.11. The highest BCUT2D eigenvalue weighted by atomic mass is 16.6. The Kier molecular flexibility index (Phi) is 5.42. The maximum Gasteiger partial charge on any atom is 0.269 e. The van der Waals surface area contributed by atoms with E-state index in [0.29, 0.717) is 45.1 Å². The zero-order valence-electron chi connectivity index (χ0n) is 18.6. The van der Waals surface area contributed by atoms with Gasteiger partial charge in [-0.3, -0.25) is 14.9 Å². The second-order valence-corrected chi connectivity index (χ2v) is 7.83. The summed E-state index contributed by atoms with van der Waals surface area (Å²) in [7, 11) is 0. The summed E-state index contributed by atoms with van der Waals surface area (Å²) in [6.45, 7) is 1.88. The predicted molar refractivity (Wildman–Crippen MR) is 130 cm³/mol. The van der Waals surface area contributed by atoms with Gasteiger partial charge in [0.2, 0.25) is 5.88 Å². The number of primary amides is 1. The molecular weight excluding hydrogens is 446 g/mol. The second-order valence-electron chi connectivity index (χ2n) is 7.83. The van der Waals surface area contributed by atoms with Crippen molar-refractivity contribution in [2.45, 2.75) is 6.92 Å². The Morgan fingerprint density at radius 2 is 1.69 bits per heavy atom. The zero-order chi connectivity index (χ0) is 24.5. The van der Waals surface area contributed by atoms with Crippen LogP contribution >= 0.6 is 0 Å². The van der Waals surface area contributed by atoms with Gasteiger partial charge in [0.15, 0.2) is 0 Å². The van der Waals surface area contributed by atoms with Crippen LogP contribution in [0.4, 0.5) is 5.69 Å². The van der Waals surface area contributed by atoms with Crippen LogP contribution in [0.1, 0.15) is 16.1 Å². The highest BCUT2D eigenvalue weighted by Gasteiger charge is 2.25. The maximum absolute atomic E-state index is 12.6. The molecule has 35 heavy (non-hydrogen) atoms. The molecule has 0 saturated heterocycles. The molecule has 5 rings (SSSR count). The van der Waals surface area contributed by atoms with Crippen LogP contribution in [0.5, 0.6) is 11.6 Å². The topological polar surface area (TPSA) is 126 Å². The predicted octanol–water partition coefficient (Wildman–Crippen LogP) is 5.17. The van der Waals surface area contributed by atoms with Gasteiger partial charge in [-0.15, -0.1) is 0 Å². The van der Waals surface area contributed by atoms with E-state index < -0.39 is 10.8 Å². The molecule has 0 radical (unpaired) electrons. The molecule has 0 atom stereocenters. The number of nitro groups is 1. The third-order valence-corrected chi connectivity index (χ3v) is 5.53. The molecule has 0 spiro atoms. The largest absolute Gasteiger partial charge is 0.439 e. The molecule has 0 bridgehead atoms. The molecule has 0 fully saturated rings. The lowest BCUT2D eigenvalue weighted by molar-refractivity contribution is -0.384. The number of carbonyl (C=O) groups excluding carboxylic acids is 1. The standard InChI is InChI=1S/C26H19N5O4/c1-16-4-2-6-22(29-16)35-20-13-9-17(10-14-20)23-24(26(27)32)21-5-3-15-28-30(21)25(23)18-7-11-19(12-8-18)31(33)34/h2-15H,1H3,(H2,27,32). The third kappa shape index (κ3) is 4.06. The van der Waals surface area contributed by atoms with Crippen molar-refractivity contribution in [3.8, 4) is 34.0 Å². The van der Waals surface area contributed by atoms with E-state index in [1.54, 1.807) is 53.2 Å². The Hall–Kier alpha value is -5.05. The van der Waals surface area contributed by atoms with Gasteiger partial charge in [-0.1, -0.05) is 18.2 Å². The highest BCUT2D eigenvalue weighted by molar-refractivity contribution is 6.10. The number of aromatic nitrogens is 3. The molecule has 3 heterocycles. The lowest BCUT2D eigenvalue weighted by Gasteiger charge is -2.10. The van der Waals surface area contributed by atoms with Gasteiger partial charge in [-0.05, 0) is 55.0 Å². The molecule has 1 amide bonds. The molecular formula is C26H19N5O4. The first-order valence-electron chi connectivity index (χ1n) is 10.7. The van der Waals surface area contributed by atoms with Crippen LogP contribution in [0.2, 0.25) is 0 Å². The third-order valence-electron chi connectivity index (χ3n) is 5.53. The van der Waals surface area contributed by atoms with Gasteiger partial charge >= 0.3 is 0 Å². The normalized spacial score (nSPS) is 10.9. The van der Waals surface area contributed by atoms with Crippen molar-refractivity contribution >= 4 is 17.1 Å². The number of amides is 1. The Bertz CT molecular complexity index is 1570. The smallest absolute Gasteiger partial charge is 0.269 e. The molecule has 0 aliphatic heterocycles. The number of benzene rings is 2. The first kappa shape index (κ1) is 21.8. The van der Waals surface area contributed by atoms with Gasteiger partial charge < -0.3 is 10.5 Å². The van der Waals surface area contributed by atoms with E-state index in [2.05, 4.69) is 10.1 Å². The summed E-state index contributed by atoms with van der Waals surface area (Å²) in [5.41, 5.74) is 9.99. The molecule has 0 unspecified atom stereocenters. The van der Waals surface area contributed by atoms with E-state index in [1.165, 1.54) is 12.1 Å². The number of nitrogens with two attached hydrogens (primary N) is 1. The van der Waals surface area contributed by atoms with Gasteiger partial charge in [0.1, 0.15) is 5.75 Å². The van der Waals surface area contributed by atoms with Crippen molar-refractivity contribution in [3.05, 3.63) is 106 Å². The number of hydrogen-bond donors (Lipinski definition) is 1. The minimum Gasteiger partial charge on any atom is -0.439 e. The number of aryl methyl sites for hydroxylation is 1. The minimum absolute atomic E-state index is 0.0366. The first-order chi connectivity index (χ1) is 16.9. The molecule has 172 valence electrons. The molecule has 2 N–H and O–H groups in total. The summed E-state index contributed by atoms with van der Waals surface area (Å²) in [5, 5.41) is 15.6. The van der Waals surface area contributed by atoms with E-state index in [-0.39, 0.29) is 5.69 Å². The summed E-state index contributed by atoms with van der Waals surface area (Å²) >= 11 is 0. The van der Waals surface area contributed by atoms with Crippen LogP contribution in [0, 0.1) is 17.0 Å². The van der Waals surface area contributed by atoms with Crippen LogP contribution in [0.15, 0.2) is 85.1 Å². The van der Waals surface area contributed by atoms with Crippen LogP contribution < -0.4 is 10.5 Å². The van der Waals surface area contributed by atoms with Crippen LogP contribution in [0.3, 0.4) is 0 Å². The maximum atomic E-state index is 12.6. The molecule has 2 aromatic carbocycles. The molecule has 3 aromatic heterocycles. The van der Waals surface area contributed by atoms with Gasteiger partial charge in [-0.2, -0.15) is 5.10 Å². The molecule has 0 aliphatic carbocycles. The number of nitrogens with zero attached hydrogens (tertiary/aromatic N) is 4. The number of non-ortho nitro benzene ring substituents is 1. The van der Waals surface area contributed by atoms with Gasteiger partial charge in [-0.25, -0.2) is 9.50 Å². The summed E-state index contributed by atoms with van der Waals surface area (Å²) < 4.78 is 7.48. The highest BCUT2D eigenvalue weighted by Crippen LogP contribution is 2.40. The number of fused-ring (bicyclic) bond motifs is 1. The van der Waals surface area contributed by atoms with E-state index in [4.69, 9.17) is 10.5 Å². The Morgan fingerprint density at radius 1 is 0.971 bits per heavy atom. The summed E-state index contributed by atoms with van der Waals surface area (Å²) in [5.74, 6) is 0.440. The average Bonchev–Trinajstić information content (AvgIpc) is 3.20.